The molecule has 6 heteroatoms. The van der Waals surface area contributed by atoms with E-state index in [9.17, 15) is 4.79 Å². The number of thioether (sulfide) groups is 1. The molecule has 1 aromatic heterocycles. The lowest BCUT2D eigenvalue weighted by atomic mass is 10.1. The summed E-state index contributed by atoms with van der Waals surface area (Å²) in [5.74, 6) is 0.333. The molecule has 0 radical (unpaired) electrons. The number of hydrogen-bond donors (Lipinski definition) is 1. The number of para-hydroxylation sites is 1. The number of benzene rings is 2. The number of rotatable bonds is 8. The third-order valence-electron chi connectivity index (χ3n) is 4.00. The fraction of sp³-hybridized carbons (Fsp3) is 0.250. The van der Waals surface area contributed by atoms with E-state index in [1.54, 1.807) is 6.33 Å². The van der Waals surface area contributed by atoms with Gasteiger partial charge in [-0.1, -0.05) is 60.3 Å². The van der Waals surface area contributed by atoms with E-state index < -0.39 is 0 Å². The Morgan fingerprint density at radius 1 is 1.12 bits per heavy atom. The molecule has 0 spiro atoms. The van der Waals surface area contributed by atoms with Crippen LogP contribution in [-0.2, 0) is 11.2 Å². The number of aromatic nitrogens is 3. The molecule has 134 valence electrons. The van der Waals surface area contributed by atoms with Gasteiger partial charge in [-0.25, -0.2) is 0 Å². The van der Waals surface area contributed by atoms with Crippen LogP contribution in [0.3, 0.4) is 0 Å². The summed E-state index contributed by atoms with van der Waals surface area (Å²) in [5, 5.41) is 11.8. The van der Waals surface area contributed by atoms with Crippen molar-refractivity contribution in [2.45, 2.75) is 31.0 Å². The van der Waals surface area contributed by atoms with E-state index in [-0.39, 0.29) is 11.9 Å². The van der Waals surface area contributed by atoms with E-state index in [1.807, 2.05) is 60.0 Å². The minimum Gasteiger partial charge on any atom is -0.353 e. The van der Waals surface area contributed by atoms with Crippen LogP contribution in [-0.4, -0.2) is 32.5 Å². The van der Waals surface area contributed by atoms with Gasteiger partial charge in [0.15, 0.2) is 5.16 Å². The quantitative estimate of drug-likeness (QED) is 0.620. The van der Waals surface area contributed by atoms with Crippen LogP contribution in [0.15, 0.2) is 72.1 Å². The highest BCUT2D eigenvalue weighted by Crippen LogP contribution is 2.19. The highest BCUT2D eigenvalue weighted by atomic mass is 32.2. The number of nitrogens with zero attached hydrogens (tertiary/aromatic N) is 3. The molecule has 3 aromatic rings. The van der Waals surface area contributed by atoms with E-state index in [2.05, 4.69) is 27.6 Å². The lowest BCUT2D eigenvalue weighted by Gasteiger charge is -2.14. The molecule has 26 heavy (non-hydrogen) atoms. The minimum absolute atomic E-state index is 0.0122. The van der Waals surface area contributed by atoms with Crippen molar-refractivity contribution in [3.05, 3.63) is 72.6 Å². The number of hydrogen-bond acceptors (Lipinski definition) is 4. The lowest BCUT2D eigenvalue weighted by Crippen LogP contribution is -2.34. The van der Waals surface area contributed by atoms with Crippen LogP contribution >= 0.6 is 11.8 Å². The minimum atomic E-state index is 0.0122. The van der Waals surface area contributed by atoms with Crippen LogP contribution < -0.4 is 5.32 Å². The first kappa shape index (κ1) is 18.2. The largest absolute Gasteiger partial charge is 0.353 e. The average molecular weight is 366 g/mol. The Morgan fingerprint density at radius 3 is 2.54 bits per heavy atom. The van der Waals surface area contributed by atoms with Crippen molar-refractivity contribution in [1.82, 2.24) is 20.1 Å². The third-order valence-corrected chi connectivity index (χ3v) is 4.94. The van der Waals surface area contributed by atoms with Crippen molar-refractivity contribution in [3.8, 4) is 5.69 Å². The van der Waals surface area contributed by atoms with Crippen LogP contribution in [0, 0.1) is 0 Å². The molecule has 1 N–H and O–H groups in total. The molecule has 0 saturated carbocycles. The Labute approximate surface area is 157 Å². The zero-order valence-electron chi connectivity index (χ0n) is 14.7. The summed E-state index contributed by atoms with van der Waals surface area (Å²) in [7, 11) is 0. The van der Waals surface area contributed by atoms with Crippen molar-refractivity contribution in [2.75, 3.05) is 5.75 Å². The van der Waals surface area contributed by atoms with Gasteiger partial charge in [-0.15, -0.1) is 10.2 Å². The van der Waals surface area contributed by atoms with Gasteiger partial charge in [-0.05, 0) is 37.5 Å². The van der Waals surface area contributed by atoms with Crippen LogP contribution in [0.4, 0.5) is 0 Å². The molecule has 0 unspecified atom stereocenters. The molecule has 0 saturated heterocycles. The smallest absolute Gasteiger partial charge is 0.230 e. The fourth-order valence-electron chi connectivity index (χ4n) is 2.64. The van der Waals surface area contributed by atoms with Crippen molar-refractivity contribution >= 4 is 17.7 Å². The van der Waals surface area contributed by atoms with Gasteiger partial charge >= 0.3 is 0 Å². The maximum atomic E-state index is 12.2. The molecule has 1 atom stereocenters. The molecule has 1 amide bonds. The molecule has 2 aromatic carbocycles. The first-order valence-electron chi connectivity index (χ1n) is 8.64. The summed E-state index contributed by atoms with van der Waals surface area (Å²) in [6.07, 6.45) is 3.54. The second-order valence-electron chi connectivity index (χ2n) is 6.10. The number of carbonyl (C=O) groups excluding carboxylic acids is 1. The summed E-state index contributed by atoms with van der Waals surface area (Å²) < 4.78 is 1.89. The van der Waals surface area contributed by atoms with Gasteiger partial charge in [-0.3, -0.25) is 9.36 Å². The van der Waals surface area contributed by atoms with Gasteiger partial charge in [0, 0.05) is 11.7 Å². The highest BCUT2D eigenvalue weighted by Gasteiger charge is 2.12. The van der Waals surface area contributed by atoms with Gasteiger partial charge < -0.3 is 5.32 Å². The van der Waals surface area contributed by atoms with Crippen molar-refractivity contribution < 1.29 is 4.79 Å². The first-order chi connectivity index (χ1) is 12.7. The van der Waals surface area contributed by atoms with Gasteiger partial charge in [-0.2, -0.15) is 0 Å². The molecule has 0 bridgehead atoms. The number of nitrogens with one attached hydrogen (secondary N) is 1. The van der Waals surface area contributed by atoms with Gasteiger partial charge in [0.2, 0.25) is 5.91 Å². The molecule has 0 aliphatic heterocycles. The van der Waals surface area contributed by atoms with E-state index in [0.29, 0.717) is 10.9 Å². The Hall–Kier alpha value is -2.60. The Bertz CT molecular complexity index is 820. The van der Waals surface area contributed by atoms with Gasteiger partial charge in [0.25, 0.3) is 0 Å². The molecule has 0 aliphatic rings. The maximum Gasteiger partial charge on any atom is 0.230 e. The second-order valence-corrected chi connectivity index (χ2v) is 7.04. The summed E-state index contributed by atoms with van der Waals surface area (Å²) in [4.78, 5) is 12.2. The fourth-order valence-corrected chi connectivity index (χ4v) is 3.38. The van der Waals surface area contributed by atoms with Crippen molar-refractivity contribution in [3.63, 3.8) is 0 Å². The van der Waals surface area contributed by atoms with Crippen LogP contribution in [0.25, 0.3) is 5.69 Å². The summed E-state index contributed by atoms with van der Waals surface area (Å²) >= 11 is 1.39. The standard InChI is InChI=1S/C20H22N4OS/c1-16(12-13-17-8-4-2-5-9-17)22-19(25)14-26-20-23-21-15-24(20)18-10-6-3-7-11-18/h2-11,15-16H,12-14H2,1H3,(H,22,25)/t16-/m0/s1. The van der Waals surface area contributed by atoms with E-state index in [4.69, 9.17) is 0 Å². The first-order valence-corrected chi connectivity index (χ1v) is 9.62. The van der Waals surface area contributed by atoms with E-state index in [0.717, 1.165) is 18.5 Å². The predicted octanol–water partition coefficient (Wildman–Crippen LogP) is 3.50. The average Bonchev–Trinajstić information content (AvgIpc) is 3.15. The SMILES string of the molecule is C[C@@H](CCc1ccccc1)NC(=O)CSc1nncn1-c1ccccc1. The Kier molecular flexibility index (Phi) is 6.44. The predicted molar refractivity (Wildman–Crippen MR) is 104 cm³/mol. The molecule has 3 rings (SSSR count). The monoisotopic (exact) mass is 366 g/mol. The molecule has 0 fully saturated rings. The normalized spacial score (nSPS) is 11.9. The van der Waals surface area contributed by atoms with Crippen molar-refractivity contribution in [1.29, 1.82) is 0 Å². The Morgan fingerprint density at radius 2 is 1.81 bits per heavy atom. The second kappa shape index (κ2) is 9.20. The molecule has 1 heterocycles. The number of carbonyl (C=O) groups is 1. The zero-order chi connectivity index (χ0) is 18.2. The van der Waals surface area contributed by atoms with Gasteiger partial charge in [0.05, 0.1) is 5.75 Å². The van der Waals surface area contributed by atoms with Crippen LogP contribution in [0.5, 0.6) is 0 Å². The van der Waals surface area contributed by atoms with Gasteiger partial charge in [0.1, 0.15) is 6.33 Å². The zero-order valence-corrected chi connectivity index (χ0v) is 15.5. The van der Waals surface area contributed by atoms with Crippen LogP contribution in [0.2, 0.25) is 0 Å². The highest BCUT2D eigenvalue weighted by molar-refractivity contribution is 7.99. The topological polar surface area (TPSA) is 59.8 Å². The van der Waals surface area contributed by atoms with E-state index >= 15 is 0 Å². The van der Waals surface area contributed by atoms with E-state index in [1.165, 1.54) is 17.3 Å². The lowest BCUT2D eigenvalue weighted by molar-refractivity contribution is -0.119. The molecular formula is C20H22N4OS. The molecule has 0 aliphatic carbocycles. The molecule has 5 nitrogen and oxygen atoms in total. The summed E-state index contributed by atoms with van der Waals surface area (Å²) in [6.45, 7) is 2.04. The summed E-state index contributed by atoms with van der Waals surface area (Å²) in [5.41, 5.74) is 2.27. The number of amides is 1. The van der Waals surface area contributed by atoms with Crippen LogP contribution in [0.1, 0.15) is 18.9 Å². The summed E-state index contributed by atoms with van der Waals surface area (Å²) in [6, 6.07) is 20.3. The third kappa shape index (κ3) is 5.20. The van der Waals surface area contributed by atoms with Crippen molar-refractivity contribution in [2.24, 2.45) is 0 Å². The number of aryl methyl sites for hydroxylation is 1. The maximum absolute atomic E-state index is 12.2. The Balaban J connectivity index is 1.47. The molecular weight excluding hydrogens is 344 g/mol.